The second kappa shape index (κ2) is 6.34. The van der Waals surface area contributed by atoms with Crippen molar-refractivity contribution in [1.82, 2.24) is 20.1 Å². The van der Waals surface area contributed by atoms with Gasteiger partial charge in [-0.1, -0.05) is 25.1 Å². The molecule has 112 valence electrons. The number of rotatable bonds is 5. The van der Waals surface area contributed by atoms with Crippen molar-refractivity contribution >= 4 is 0 Å². The number of aromatic nitrogens is 4. The molecular weight excluding hydrogens is 280 g/mol. The van der Waals surface area contributed by atoms with Gasteiger partial charge in [0.25, 0.3) is 5.89 Å². The molecule has 3 rings (SSSR count). The molecule has 0 bridgehead atoms. The Bertz CT molecular complexity index is 741. The van der Waals surface area contributed by atoms with Gasteiger partial charge in [-0.3, -0.25) is 4.98 Å². The minimum absolute atomic E-state index is 0.368. The first-order valence-corrected chi connectivity index (χ1v) is 7.07. The fourth-order valence-corrected chi connectivity index (χ4v) is 1.85. The highest BCUT2D eigenvalue weighted by molar-refractivity contribution is 5.61. The van der Waals surface area contributed by atoms with Crippen molar-refractivity contribution in [2.45, 2.75) is 13.8 Å². The lowest BCUT2D eigenvalue weighted by Gasteiger charge is -2.09. The van der Waals surface area contributed by atoms with Gasteiger partial charge >= 0.3 is 0 Å². The molecule has 0 atom stereocenters. The van der Waals surface area contributed by atoms with Crippen LogP contribution >= 0.6 is 0 Å². The van der Waals surface area contributed by atoms with E-state index < -0.39 is 0 Å². The summed E-state index contributed by atoms with van der Waals surface area (Å²) in [4.78, 5) is 12.8. The van der Waals surface area contributed by atoms with Crippen LogP contribution in [0, 0.1) is 5.92 Å². The van der Waals surface area contributed by atoms with Crippen LogP contribution in [0.5, 0.6) is 5.88 Å². The van der Waals surface area contributed by atoms with Crippen LogP contribution in [-0.4, -0.2) is 26.7 Å². The van der Waals surface area contributed by atoms with Crippen molar-refractivity contribution < 1.29 is 9.26 Å². The summed E-state index contributed by atoms with van der Waals surface area (Å²) in [5.74, 6) is 1.70. The van der Waals surface area contributed by atoms with Crippen molar-refractivity contribution in [1.29, 1.82) is 0 Å². The lowest BCUT2D eigenvalue weighted by Crippen LogP contribution is -2.06. The fraction of sp³-hybridized carbons (Fsp3) is 0.250. The molecule has 0 fully saturated rings. The smallest absolute Gasteiger partial charge is 0.263 e. The summed E-state index contributed by atoms with van der Waals surface area (Å²) in [7, 11) is 0. The Kier molecular flexibility index (Phi) is 4.09. The van der Waals surface area contributed by atoms with Gasteiger partial charge in [-0.05, 0) is 30.2 Å². The van der Waals surface area contributed by atoms with E-state index in [0.717, 1.165) is 0 Å². The molecule has 0 amide bonds. The molecule has 0 radical (unpaired) electrons. The summed E-state index contributed by atoms with van der Waals surface area (Å²) in [6, 6.07) is 9.19. The number of hydrogen-bond donors (Lipinski definition) is 0. The predicted molar refractivity (Wildman–Crippen MR) is 81.1 cm³/mol. The second-order valence-corrected chi connectivity index (χ2v) is 5.20. The highest BCUT2D eigenvalue weighted by atomic mass is 16.5. The quantitative estimate of drug-likeness (QED) is 0.719. The molecule has 0 saturated heterocycles. The first-order chi connectivity index (χ1) is 10.7. The van der Waals surface area contributed by atoms with Crippen LogP contribution in [0.2, 0.25) is 0 Å². The van der Waals surface area contributed by atoms with E-state index in [0.29, 0.717) is 41.4 Å². The molecular formula is C16H16N4O2. The van der Waals surface area contributed by atoms with Gasteiger partial charge in [-0.15, -0.1) is 0 Å². The van der Waals surface area contributed by atoms with Gasteiger partial charge in [-0.2, -0.15) is 4.98 Å². The molecule has 0 aromatic carbocycles. The van der Waals surface area contributed by atoms with E-state index in [1.54, 1.807) is 12.4 Å². The Morgan fingerprint density at radius 1 is 1.09 bits per heavy atom. The van der Waals surface area contributed by atoms with Crippen LogP contribution in [0.25, 0.3) is 23.0 Å². The van der Waals surface area contributed by atoms with Gasteiger partial charge in [0.15, 0.2) is 0 Å². The Morgan fingerprint density at radius 3 is 2.73 bits per heavy atom. The van der Waals surface area contributed by atoms with E-state index in [2.05, 4.69) is 34.0 Å². The van der Waals surface area contributed by atoms with Crippen molar-refractivity contribution in [3.05, 3.63) is 42.7 Å². The van der Waals surface area contributed by atoms with Crippen LogP contribution in [0.3, 0.4) is 0 Å². The molecule has 6 nitrogen and oxygen atoms in total. The Morgan fingerprint density at radius 2 is 1.95 bits per heavy atom. The molecule has 3 aromatic heterocycles. The maximum Gasteiger partial charge on any atom is 0.263 e. The third-order valence-electron chi connectivity index (χ3n) is 2.87. The predicted octanol–water partition coefficient (Wildman–Crippen LogP) is 3.23. The summed E-state index contributed by atoms with van der Waals surface area (Å²) in [5, 5.41) is 3.97. The van der Waals surface area contributed by atoms with E-state index in [9.17, 15) is 0 Å². The van der Waals surface area contributed by atoms with Crippen LogP contribution in [-0.2, 0) is 0 Å². The highest BCUT2D eigenvalue weighted by Crippen LogP contribution is 2.28. The maximum absolute atomic E-state index is 5.71. The van der Waals surface area contributed by atoms with E-state index in [-0.39, 0.29) is 0 Å². The molecule has 0 spiro atoms. The largest absolute Gasteiger partial charge is 0.477 e. The maximum atomic E-state index is 5.71. The third kappa shape index (κ3) is 3.11. The lowest BCUT2D eigenvalue weighted by molar-refractivity contribution is 0.261. The van der Waals surface area contributed by atoms with Gasteiger partial charge < -0.3 is 9.26 Å². The SMILES string of the molecule is CC(C)COc1ncccc1-c1nc(-c2ccccn2)no1. The summed E-state index contributed by atoms with van der Waals surface area (Å²) in [6.07, 6.45) is 3.36. The molecule has 0 aliphatic rings. The highest BCUT2D eigenvalue weighted by Gasteiger charge is 2.16. The van der Waals surface area contributed by atoms with E-state index in [4.69, 9.17) is 9.26 Å². The normalized spacial score (nSPS) is 10.9. The molecule has 6 heteroatoms. The minimum atomic E-state index is 0.368. The summed E-state index contributed by atoms with van der Waals surface area (Å²) in [5.41, 5.74) is 1.34. The second-order valence-electron chi connectivity index (χ2n) is 5.20. The van der Waals surface area contributed by atoms with Crippen molar-refractivity contribution in [3.63, 3.8) is 0 Å². The molecule has 0 saturated carbocycles. The van der Waals surface area contributed by atoms with Crippen molar-refractivity contribution in [3.8, 4) is 28.9 Å². The fourth-order valence-electron chi connectivity index (χ4n) is 1.85. The average molecular weight is 296 g/mol. The Balaban J connectivity index is 1.90. The zero-order valence-electron chi connectivity index (χ0n) is 12.4. The monoisotopic (exact) mass is 296 g/mol. The molecule has 0 aliphatic carbocycles. The number of ether oxygens (including phenoxy) is 1. The molecule has 3 heterocycles. The third-order valence-corrected chi connectivity index (χ3v) is 2.87. The van der Waals surface area contributed by atoms with Crippen LogP contribution in [0.1, 0.15) is 13.8 Å². The average Bonchev–Trinajstić information content (AvgIpc) is 3.04. The topological polar surface area (TPSA) is 73.9 Å². The molecule has 0 unspecified atom stereocenters. The standard InChI is InChI=1S/C16H16N4O2/c1-11(2)10-21-15-12(6-5-9-18-15)16-19-14(20-22-16)13-7-3-4-8-17-13/h3-9,11H,10H2,1-2H3. The molecule has 3 aromatic rings. The first kappa shape index (κ1) is 14.2. The number of pyridine rings is 2. The number of nitrogens with zero attached hydrogens (tertiary/aromatic N) is 4. The molecule has 22 heavy (non-hydrogen) atoms. The Hall–Kier alpha value is -2.76. The van der Waals surface area contributed by atoms with Crippen LogP contribution < -0.4 is 4.74 Å². The van der Waals surface area contributed by atoms with Crippen LogP contribution in [0.15, 0.2) is 47.2 Å². The van der Waals surface area contributed by atoms with Crippen molar-refractivity contribution in [2.75, 3.05) is 6.61 Å². The van der Waals surface area contributed by atoms with Gasteiger partial charge in [-0.25, -0.2) is 4.98 Å². The lowest BCUT2D eigenvalue weighted by atomic mass is 10.2. The summed E-state index contributed by atoms with van der Waals surface area (Å²) < 4.78 is 11.0. The van der Waals surface area contributed by atoms with E-state index in [1.165, 1.54) is 0 Å². The Labute approximate surface area is 128 Å². The summed E-state index contributed by atoms with van der Waals surface area (Å²) in [6.45, 7) is 4.73. The first-order valence-electron chi connectivity index (χ1n) is 7.07. The van der Waals surface area contributed by atoms with Crippen molar-refractivity contribution in [2.24, 2.45) is 5.92 Å². The van der Waals surface area contributed by atoms with Gasteiger partial charge in [0.1, 0.15) is 11.3 Å². The minimum Gasteiger partial charge on any atom is -0.477 e. The van der Waals surface area contributed by atoms with E-state index in [1.807, 2.05) is 30.3 Å². The van der Waals surface area contributed by atoms with Gasteiger partial charge in [0.05, 0.1) is 6.61 Å². The van der Waals surface area contributed by atoms with E-state index >= 15 is 0 Å². The number of hydrogen-bond acceptors (Lipinski definition) is 6. The zero-order chi connectivity index (χ0) is 15.4. The van der Waals surface area contributed by atoms with Crippen LogP contribution in [0.4, 0.5) is 0 Å². The van der Waals surface area contributed by atoms with Gasteiger partial charge in [0.2, 0.25) is 11.7 Å². The zero-order valence-corrected chi connectivity index (χ0v) is 12.4. The molecule has 0 aliphatic heterocycles. The van der Waals surface area contributed by atoms with Gasteiger partial charge in [0, 0.05) is 12.4 Å². The summed E-state index contributed by atoms with van der Waals surface area (Å²) >= 11 is 0. The molecule has 0 N–H and O–H groups in total.